The van der Waals surface area contributed by atoms with E-state index in [1.165, 1.54) is 12.0 Å². The second-order valence-corrected chi connectivity index (χ2v) is 8.31. The van der Waals surface area contributed by atoms with Crippen LogP contribution in [0.2, 0.25) is 0 Å². The van der Waals surface area contributed by atoms with Crippen LogP contribution >= 0.6 is 11.3 Å². The molecule has 0 unspecified atom stereocenters. The van der Waals surface area contributed by atoms with Gasteiger partial charge in [0.2, 0.25) is 11.8 Å². The number of thiophene rings is 1. The molecule has 2 aromatic rings. The molecule has 3 rings (SSSR count). The zero-order valence-corrected chi connectivity index (χ0v) is 16.7. The van der Waals surface area contributed by atoms with E-state index < -0.39 is 0 Å². The van der Waals surface area contributed by atoms with Gasteiger partial charge in [-0.25, -0.2) is 0 Å². The molecule has 1 aliphatic rings. The molecule has 1 saturated carbocycles. The van der Waals surface area contributed by atoms with Gasteiger partial charge in [-0.3, -0.25) is 9.59 Å². The Morgan fingerprint density at radius 2 is 1.81 bits per heavy atom. The smallest absolute Gasteiger partial charge is 0.249 e. The van der Waals surface area contributed by atoms with Crippen molar-refractivity contribution in [2.45, 2.75) is 38.9 Å². The fraction of sp³-hybridized carbons (Fsp3) is 0.429. The van der Waals surface area contributed by atoms with Gasteiger partial charge in [-0.15, -0.1) is 11.3 Å². The predicted molar refractivity (Wildman–Crippen MR) is 106 cm³/mol. The topological polar surface area (TPSA) is 49.9 Å². The van der Waals surface area contributed by atoms with Crippen molar-refractivity contribution in [2.75, 3.05) is 20.3 Å². The van der Waals surface area contributed by atoms with Gasteiger partial charge in [0.05, 0.1) is 6.54 Å². The molecule has 0 aliphatic heterocycles. The number of methoxy groups -OCH3 is 1. The summed E-state index contributed by atoms with van der Waals surface area (Å²) in [6.45, 7) is 3.29. The summed E-state index contributed by atoms with van der Waals surface area (Å²) in [4.78, 5) is 31.3. The quantitative estimate of drug-likeness (QED) is 0.665. The second-order valence-electron chi connectivity index (χ2n) is 6.93. The molecule has 27 heavy (non-hydrogen) atoms. The lowest BCUT2D eigenvalue weighted by Crippen LogP contribution is -2.44. The van der Waals surface area contributed by atoms with E-state index in [-0.39, 0.29) is 31.0 Å². The maximum absolute atomic E-state index is 13.1. The number of ether oxygens (including phenoxy) is 1. The molecule has 1 aromatic carbocycles. The van der Waals surface area contributed by atoms with Crippen molar-refractivity contribution in [3.8, 4) is 0 Å². The van der Waals surface area contributed by atoms with E-state index in [2.05, 4.69) is 19.1 Å². The molecular weight excluding hydrogens is 360 g/mol. The molecule has 0 spiro atoms. The molecule has 1 aliphatic carbocycles. The van der Waals surface area contributed by atoms with Gasteiger partial charge in [-0.1, -0.05) is 30.3 Å². The maximum atomic E-state index is 13.1. The lowest BCUT2D eigenvalue weighted by atomic mass is 10.2. The van der Waals surface area contributed by atoms with Gasteiger partial charge in [0, 0.05) is 29.5 Å². The third kappa shape index (κ3) is 5.65. The Morgan fingerprint density at radius 1 is 1.07 bits per heavy atom. The van der Waals surface area contributed by atoms with Crippen molar-refractivity contribution in [1.29, 1.82) is 0 Å². The highest BCUT2D eigenvalue weighted by Gasteiger charge is 2.34. The van der Waals surface area contributed by atoms with Crippen molar-refractivity contribution >= 4 is 23.2 Å². The van der Waals surface area contributed by atoms with Crippen molar-refractivity contribution in [1.82, 2.24) is 9.80 Å². The minimum Gasteiger partial charge on any atom is -0.375 e. The Balaban J connectivity index is 1.73. The van der Waals surface area contributed by atoms with E-state index in [1.54, 1.807) is 16.2 Å². The SMILES string of the molecule is COCC(=O)N(CC(=O)N(Cc1ccccc1)Cc1ccc(C)s1)C1CC1. The summed E-state index contributed by atoms with van der Waals surface area (Å²) < 4.78 is 4.98. The number of carbonyl (C=O) groups is 2. The number of carbonyl (C=O) groups excluding carboxylic acids is 2. The summed E-state index contributed by atoms with van der Waals surface area (Å²) in [5, 5.41) is 0. The summed E-state index contributed by atoms with van der Waals surface area (Å²) >= 11 is 1.70. The average Bonchev–Trinajstić information content (AvgIpc) is 3.42. The Hall–Kier alpha value is -2.18. The van der Waals surface area contributed by atoms with Crippen LogP contribution in [0.1, 0.15) is 28.2 Å². The van der Waals surface area contributed by atoms with Crippen molar-refractivity contribution < 1.29 is 14.3 Å². The van der Waals surface area contributed by atoms with Gasteiger partial charge in [0.15, 0.2) is 0 Å². The second kappa shape index (κ2) is 9.15. The Bertz CT molecular complexity index is 771. The molecule has 0 radical (unpaired) electrons. The van der Waals surface area contributed by atoms with Crippen LogP contribution in [0.15, 0.2) is 42.5 Å². The zero-order chi connectivity index (χ0) is 19.2. The van der Waals surface area contributed by atoms with Crippen molar-refractivity contribution in [3.05, 3.63) is 57.8 Å². The summed E-state index contributed by atoms with van der Waals surface area (Å²) in [7, 11) is 1.51. The largest absolute Gasteiger partial charge is 0.375 e. The number of rotatable bonds is 9. The molecule has 5 nitrogen and oxygen atoms in total. The van der Waals surface area contributed by atoms with Crippen molar-refractivity contribution in [2.24, 2.45) is 0 Å². The number of hydrogen-bond donors (Lipinski definition) is 0. The highest BCUT2D eigenvalue weighted by atomic mass is 32.1. The average molecular weight is 387 g/mol. The lowest BCUT2D eigenvalue weighted by Gasteiger charge is -2.27. The minimum atomic E-state index is -0.111. The summed E-state index contributed by atoms with van der Waals surface area (Å²) in [6, 6.07) is 14.3. The third-order valence-corrected chi connectivity index (χ3v) is 5.58. The van der Waals surface area contributed by atoms with E-state index in [1.807, 2.05) is 35.2 Å². The van der Waals surface area contributed by atoms with Gasteiger partial charge in [-0.2, -0.15) is 0 Å². The molecule has 1 fully saturated rings. The standard InChI is InChI=1S/C21H26N2O3S/c1-16-8-11-19(27-16)13-22(12-17-6-4-3-5-7-17)20(24)14-23(18-9-10-18)21(25)15-26-2/h3-8,11,18H,9-10,12-15H2,1-2H3. The molecule has 0 bridgehead atoms. The van der Waals surface area contributed by atoms with Crippen LogP contribution in [-0.2, 0) is 27.4 Å². The van der Waals surface area contributed by atoms with Gasteiger partial charge in [0.1, 0.15) is 13.2 Å². The number of nitrogens with zero attached hydrogens (tertiary/aromatic N) is 2. The van der Waals surface area contributed by atoms with Crippen LogP contribution in [0, 0.1) is 6.92 Å². The molecule has 0 N–H and O–H groups in total. The van der Waals surface area contributed by atoms with Crippen LogP contribution in [0.5, 0.6) is 0 Å². The summed E-state index contributed by atoms with van der Waals surface area (Å²) in [6.07, 6.45) is 1.93. The number of benzene rings is 1. The van der Waals surface area contributed by atoms with Gasteiger partial charge in [-0.05, 0) is 37.5 Å². The van der Waals surface area contributed by atoms with Crippen LogP contribution in [0.3, 0.4) is 0 Å². The first-order valence-electron chi connectivity index (χ1n) is 9.22. The van der Waals surface area contributed by atoms with Crippen molar-refractivity contribution in [3.63, 3.8) is 0 Å². The molecule has 0 saturated heterocycles. The van der Waals surface area contributed by atoms with Gasteiger partial charge < -0.3 is 14.5 Å². The Labute approximate surface area is 164 Å². The molecule has 1 heterocycles. The summed E-state index contributed by atoms with van der Waals surface area (Å²) in [5.41, 5.74) is 1.08. The fourth-order valence-electron chi connectivity index (χ4n) is 3.05. The molecule has 0 atom stereocenters. The lowest BCUT2D eigenvalue weighted by molar-refractivity contribution is -0.143. The van der Waals surface area contributed by atoms with Gasteiger partial charge >= 0.3 is 0 Å². The maximum Gasteiger partial charge on any atom is 0.249 e. The number of aryl methyl sites for hydroxylation is 1. The molecule has 1 aromatic heterocycles. The minimum absolute atomic E-state index is 0.0204. The third-order valence-electron chi connectivity index (χ3n) is 4.59. The van der Waals surface area contributed by atoms with E-state index in [9.17, 15) is 9.59 Å². The fourth-order valence-corrected chi connectivity index (χ4v) is 3.96. The van der Waals surface area contributed by atoms with E-state index in [4.69, 9.17) is 4.74 Å². The molecule has 144 valence electrons. The summed E-state index contributed by atoms with van der Waals surface area (Å²) in [5.74, 6) is -0.138. The first-order valence-corrected chi connectivity index (χ1v) is 10.0. The van der Waals surface area contributed by atoms with Crippen LogP contribution in [-0.4, -0.2) is 47.9 Å². The molecular formula is C21H26N2O3S. The number of amides is 2. The Kier molecular flexibility index (Phi) is 6.63. The number of hydrogen-bond acceptors (Lipinski definition) is 4. The predicted octanol–water partition coefficient (Wildman–Crippen LogP) is 3.22. The van der Waals surface area contributed by atoms with Gasteiger partial charge in [0.25, 0.3) is 0 Å². The van der Waals surface area contributed by atoms with Crippen LogP contribution in [0.25, 0.3) is 0 Å². The normalized spacial score (nSPS) is 13.4. The van der Waals surface area contributed by atoms with E-state index >= 15 is 0 Å². The van der Waals surface area contributed by atoms with E-state index in [0.717, 1.165) is 23.3 Å². The zero-order valence-electron chi connectivity index (χ0n) is 15.9. The van der Waals surface area contributed by atoms with Crippen LogP contribution < -0.4 is 0 Å². The molecule has 2 amide bonds. The van der Waals surface area contributed by atoms with Crippen LogP contribution in [0.4, 0.5) is 0 Å². The molecule has 6 heteroatoms. The monoisotopic (exact) mass is 386 g/mol. The van der Waals surface area contributed by atoms with E-state index in [0.29, 0.717) is 13.1 Å². The first kappa shape index (κ1) is 19.6. The Morgan fingerprint density at radius 3 is 2.41 bits per heavy atom. The highest BCUT2D eigenvalue weighted by Crippen LogP contribution is 2.27. The highest BCUT2D eigenvalue weighted by molar-refractivity contribution is 7.11. The first-order chi connectivity index (χ1) is 13.1.